The quantitative estimate of drug-likeness (QED) is 0.540. The van der Waals surface area contributed by atoms with Crippen LogP contribution in [-0.4, -0.2) is 42.5 Å². The summed E-state index contributed by atoms with van der Waals surface area (Å²) in [6.07, 6.45) is 0. The van der Waals surface area contributed by atoms with Gasteiger partial charge in [-0.1, -0.05) is 6.07 Å². The number of nitrogens with zero attached hydrogens (tertiary/aromatic N) is 2. The van der Waals surface area contributed by atoms with Crippen LogP contribution in [0.1, 0.15) is 0 Å². The number of nitrogens with two attached hydrogens (primary N) is 1. The summed E-state index contributed by atoms with van der Waals surface area (Å²) in [4.78, 5) is 27.3. The monoisotopic (exact) mass is 246 g/mol. The van der Waals surface area contributed by atoms with Crippen LogP contribution < -0.4 is 16.0 Å². The minimum Gasteiger partial charge on any atom is -0.399 e. The highest BCUT2D eigenvalue weighted by Gasteiger charge is 2.46. The Labute approximate surface area is 104 Å². The summed E-state index contributed by atoms with van der Waals surface area (Å²) in [7, 11) is 0. The molecule has 2 saturated heterocycles. The average molecular weight is 246 g/mol. The zero-order valence-electron chi connectivity index (χ0n) is 9.80. The van der Waals surface area contributed by atoms with Gasteiger partial charge in [-0.3, -0.25) is 4.79 Å². The van der Waals surface area contributed by atoms with Crippen LogP contribution in [0.2, 0.25) is 0 Å². The van der Waals surface area contributed by atoms with Gasteiger partial charge in [0.25, 0.3) is 5.91 Å². The van der Waals surface area contributed by atoms with E-state index in [4.69, 9.17) is 5.73 Å². The van der Waals surface area contributed by atoms with E-state index in [-0.39, 0.29) is 18.0 Å². The second-order valence-electron chi connectivity index (χ2n) is 4.46. The summed E-state index contributed by atoms with van der Waals surface area (Å²) < 4.78 is 0. The molecule has 3 N–H and O–H groups in total. The molecule has 2 aliphatic heterocycles. The van der Waals surface area contributed by atoms with Gasteiger partial charge in [0, 0.05) is 25.3 Å². The molecule has 0 aromatic heterocycles. The van der Waals surface area contributed by atoms with E-state index in [1.54, 1.807) is 29.2 Å². The summed E-state index contributed by atoms with van der Waals surface area (Å²) in [5.41, 5.74) is 6.77. The van der Waals surface area contributed by atoms with Crippen LogP contribution in [0.4, 0.5) is 16.2 Å². The molecule has 2 heterocycles. The fourth-order valence-corrected chi connectivity index (χ4v) is 2.43. The number of amides is 3. The molecule has 0 radical (unpaired) electrons. The number of imide groups is 1. The molecule has 1 unspecified atom stereocenters. The van der Waals surface area contributed by atoms with Gasteiger partial charge >= 0.3 is 6.03 Å². The van der Waals surface area contributed by atoms with E-state index in [9.17, 15) is 9.59 Å². The largest absolute Gasteiger partial charge is 0.399 e. The topological polar surface area (TPSA) is 78.7 Å². The maximum atomic E-state index is 12.2. The number of fused-ring (bicyclic) bond motifs is 1. The van der Waals surface area contributed by atoms with Crippen LogP contribution in [-0.2, 0) is 4.79 Å². The Morgan fingerprint density at radius 1 is 1.33 bits per heavy atom. The average Bonchev–Trinajstić information content (AvgIpc) is 2.63. The summed E-state index contributed by atoms with van der Waals surface area (Å²) in [6, 6.07) is 6.19. The smallest absolute Gasteiger partial charge is 0.332 e. The highest BCUT2D eigenvalue weighted by atomic mass is 16.2. The van der Waals surface area contributed by atoms with Gasteiger partial charge in [0.2, 0.25) is 0 Å². The normalized spacial score (nSPS) is 23.4. The van der Waals surface area contributed by atoms with E-state index in [0.717, 1.165) is 6.54 Å². The number of rotatable bonds is 1. The molecule has 1 atom stereocenters. The SMILES string of the molecule is Nc1cccc(N2C(=O)C3CNCCN3C2=O)c1. The number of carbonyl (C=O) groups is 2. The van der Waals surface area contributed by atoms with Crippen molar-refractivity contribution >= 4 is 23.3 Å². The van der Waals surface area contributed by atoms with E-state index in [2.05, 4.69) is 5.32 Å². The Kier molecular flexibility index (Phi) is 2.45. The maximum Gasteiger partial charge on any atom is 0.332 e. The third kappa shape index (κ3) is 1.53. The molecule has 18 heavy (non-hydrogen) atoms. The molecule has 3 rings (SSSR count). The Morgan fingerprint density at radius 3 is 2.89 bits per heavy atom. The number of urea groups is 1. The van der Waals surface area contributed by atoms with Gasteiger partial charge in [-0.2, -0.15) is 0 Å². The van der Waals surface area contributed by atoms with Crippen molar-refractivity contribution in [1.82, 2.24) is 10.2 Å². The number of carbonyl (C=O) groups excluding carboxylic acids is 2. The zero-order chi connectivity index (χ0) is 12.7. The molecular weight excluding hydrogens is 232 g/mol. The molecule has 0 aliphatic carbocycles. The van der Waals surface area contributed by atoms with Crippen LogP contribution in [0.5, 0.6) is 0 Å². The van der Waals surface area contributed by atoms with Crippen LogP contribution in [0.25, 0.3) is 0 Å². The number of hydrogen-bond donors (Lipinski definition) is 2. The zero-order valence-corrected chi connectivity index (χ0v) is 9.80. The molecule has 3 amide bonds. The standard InChI is InChI=1S/C12H14N4O2/c13-8-2-1-3-9(6-8)16-11(17)10-7-14-4-5-15(10)12(16)18/h1-3,6,10,14H,4-5,7,13H2. The van der Waals surface area contributed by atoms with Gasteiger partial charge in [0.05, 0.1) is 5.69 Å². The number of nitrogen functional groups attached to an aromatic ring is 1. The third-order valence-corrected chi connectivity index (χ3v) is 3.31. The van der Waals surface area contributed by atoms with E-state index >= 15 is 0 Å². The number of piperazine rings is 1. The number of nitrogens with one attached hydrogen (secondary N) is 1. The first kappa shape index (κ1) is 11.0. The highest BCUT2D eigenvalue weighted by molar-refractivity contribution is 6.21. The lowest BCUT2D eigenvalue weighted by Crippen LogP contribution is -2.51. The van der Waals surface area contributed by atoms with Crippen LogP contribution >= 0.6 is 0 Å². The predicted molar refractivity (Wildman–Crippen MR) is 67.1 cm³/mol. The lowest BCUT2D eigenvalue weighted by molar-refractivity contribution is -0.119. The Balaban J connectivity index is 1.97. The fourth-order valence-electron chi connectivity index (χ4n) is 2.43. The molecule has 6 heteroatoms. The van der Waals surface area contributed by atoms with E-state index in [1.807, 2.05) is 0 Å². The molecule has 0 spiro atoms. The van der Waals surface area contributed by atoms with Crippen molar-refractivity contribution in [2.24, 2.45) is 0 Å². The molecule has 1 aromatic rings. The molecule has 94 valence electrons. The number of benzene rings is 1. The van der Waals surface area contributed by atoms with Gasteiger partial charge in [-0.05, 0) is 18.2 Å². The maximum absolute atomic E-state index is 12.2. The van der Waals surface area contributed by atoms with Gasteiger partial charge in [-0.25, -0.2) is 9.69 Å². The van der Waals surface area contributed by atoms with Crippen molar-refractivity contribution in [2.45, 2.75) is 6.04 Å². The minimum atomic E-state index is -0.382. The molecule has 2 aliphatic rings. The lowest BCUT2D eigenvalue weighted by atomic mass is 10.2. The fraction of sp³-hybridized carbons (Fsp3) is 0.333. The first-order valence-corrected chi connectivity index (χ1v) is 5.89. The van der Waals surface area contributed by atoms with Gasteiger partial charge in [-0.15, -0.1) is 0 Å². The van der Waals surface area contributed by atoms with Crippen LogP contribution in [0.15, 0.2) is 24.3 Å². The lowest BCUT2D eigenvalue weighted by Gasteiger charge is -2.26. The first-order valence-electron chi connectivity index (χ1n) is 5.89. The number of hydrogen-bond acceptors (Lipinski definition) is 4. The van der Waals surface area contributed by atoms with Crippen LogP contribution in [0.3, 0.4) is 0 Å². The molecular formula is C12H14N4O2. The summed E-state index contributed by atoms with van der Waals surface area (Å²) in [5, 5.41) is 3.12. The van der Waals surface area contributed by atoms with Gasteiger partial charge in [0.1, 0.15) is 6.04 Å². The van der Waals surface area contributed by atoms with Crippen molar-refractivity contribution in [3.05, 3.63) is 24.3 Å². The van der Waals surface area contributed by atoms with E-state index < -0.39 is 0 Å². The summed E-state index contributed by atoms with van der Waals surface area (Å²) >= 11 is 0. The minimum absolute atomic E-state index is 0.183. The van der Waals surface area contributed by atoms with Crippen molar-refractivity contribution in [1.29, 1.82) is 0 Å². The molecule has 1 aromatic carbocycles. The van der Waals surface area contributed by atoms with Gasteiger partial charge in [0.15, 0.2) is 0 Å². The third-order valence-electron chi connectivity index (χ3n) is 3.31. The summed E-state index contributed by atoms with van der Waals surface area (Å²) in [5.74, 6) is -0.183. The van der Waals surface area contributed by atoms with E-state index in [0.29, 0.717) is 24.5 Å². The van der Waals surface area contributed by atoms with Crippen molar-refractivity contribution in [3.63, 3.8) is 0 Å². The molecule has 0 bridgehead atoms. The van der Waals surface area contributed by atoms with Crippen LogP contribution in [0, 0.1) is 0 Å². The second kappa shape index (κ2) is 3.99. The number of anilines is 2. The first-order chi connectivity index (χ1) is 8.68. The van der Waals surface area contributed by atoms with Crippen molar-refractivity contribution in [3.8, 4) is 0 Å². The van der Waals surface area contributed by atoms with Crippen molar-refractivity contribution < 1.29 is 9.59 Å². The molecule has 2 fully saturated rings. The molecule has 0 saturated carbocycles. The Hall–Kier alpha value is -2.08. The van der Waals surface area contributed by atoms with Gasteiger partial charge < -0.3 is 16.0 Å². The predicted octanol–water partition coefficient (Wildman–Crippen LogP) is 0.00920. The Bertz CT molecular complexity index is 493. The summed E-state index contributed by atoms with van der Waals surface area (Å²) in [6.45, 7) is 1.80. The highest BCUT2D eigenvalue weighted by Crippen LogP contribution is 2.26. The van der Waals surface area contributed by atoms with E-state index in [1.165, 1.54) is 4.90 Å². The van der Waals surface area contributed by atoms with Crippen molar-refractivity contribution in [2.75, 3.05) is 30.3 Å². The Morgan fingerprint density at radius 2 is 2.17 bits per heavy atom. The molecule has 6 nitrogen and oxygen atoms in total. The second-order valence-corrected chi connectivity index (χ2v) is 4.46.